The number of nitrogens with one attached hydrogen (secondary N) is 7. The molecule has 76 heavy (non-hydrogen) atoms. The molecule has 1 saturated heterocycles. The third-order valence-corrected chi connectivity index (χ3v) is 12.7. The SMILES string of the molecule is CC(=O)N[C@H](Cc1ccc2ccccc2c1)C(=O)N[C@H](Cc1ccc(Cl)cc1)C(=O)N[C@H](Cc1ccccn1)C(=O)N[C@H](CCCN=C(N)N)C(=O)NC(=O)NCCC[C@H](N)C(=O)N1CCC[C@H]1C(=O)N[C@H](C)C(N)=O. The maximum absolute atomic E-state index is 14.5. The molecule has 1 aromatic heterocycles. The number of carbonyl (C=O) groups is 9. The van der Waals surface area contributed by atoms with Gasteiger partial charge in [0.1, 0.15) is 36.3 Å². The van der Waals surface area contributed by atoms with Gasteiger partial charge in [0.05, 0.1) is 6.04 Å². The number of nitrogens with two attached hydrogens (primary N) is 4. The molecule has 0 saturated carbocycles. The van der Waals surface area contributed by atoms with Crippen LogP contribution >= 0.6 is 11.6 Å². The molecule has 0 aliphatic carbocycles. The Hall–Kier alpha value is -8.18. The number of hydrogen-bond donors (Lipinski definition) is 11. The Bertz CT molecular complexity index is 2730. The lowest BCUT2D eigenvalue weighted by Crippen LogP contribution is -2.59. The highest BCUT2D eigenvalue weighted by Crippen LogP contribution is 2.20. The van der Waals surface area contributed by atoms with Crippen LogP contribution in [0.1, 0.15) is 69.2 Å². The lowest BCUT2D eigenvalue weighted by Gasteiger charge is -2.27. The van der Waals surface area contributed by atoms with Gasteiger partial charge in [0.25, 0.3) is 5.91 Å². The van der Waals surface area contributed by atoms with Crippen molar-refractivity contribution in [3.63, 3.8) is 0 Å². The number of carbonyl (C=O) groups excluding carboxylic acids is 9. The lowest BCUT2D eigenvalue weighted by atomic mass is 9.99. The van der Waals surface area contributed by atoms with Crippen molar-refractivity contribution >= 4 is 81.6 Å². The molecule has 2 heterocycles. The molecule has 10 amide bonds. The number of nitrogens with zero attached hydrogens (tertiary/aromatic N) is 3. The van der Waals surface area contributed by atoms with Crippen molar-refractivity contribution in [1.82, 2.24) is 47.1 Å². The molecule has 0 radical (unpaired) electrons. The fraction of sp³-hybridized carbons (Fsp3) is 0.404. The van der Waals surface area contributed by atoms with Gasteiger partial charge < -0.3 is 59.7 Å². The van der Waals surface area contributed by atoms with Gasteiger partial charge in [-0.2, -0.15) is 0 Å². The maximum Gasteiger partial charge on any atom is 0.321 e. The largest absolute Gasteiger partial charge is 0.370 e. The van der Waals surface area contributed by atoms with Crippen LogP contribution < -0.4 is 60.2 Å². The zero-order chi connectivity index (χ0) is 55.3. The van der Waals surface area contributed by atoms with Crippen molar-refractivity contribution in [2.24, 2.45) is 27.9 Å². The van der Waals surface area contributed by atoms with Crippen LogP contribution in [0.3, 0.4) is 0 Å². The molecule has 5 rings (SSSR count). The first-order chi connectivity index (χ1) is 36.3. The fourth-order valence-corrected chi connectivity index (χ4v) is 8.56. The van der Waals surface area contributed by atoms with Crippen LogP contribution in [0, 0.1) is 0 Å². The molecular formula is C52H67ClN14O9. The van der Waals surface area contributed by atoms with Crippen molar-refractivity contribution < 1.29 is 43.2 Å². The summed E-state index contributed by atoms with van der Waals surface area (Å²) < 4.78 is 0. The summed E-state index contributed by atoms with van der Waals surface area (Å²) in [4.78, 5) is 130. The first-order valence-electron chi connectivity index (χ1n) is 24.9. The van der Waals surface area contributed by atoms with E-state index in [-0.39, 0.29) is 70.5 Å². The molecule has 1 aliphatic heterocycles. The van der Waals surface area contributed by atoms with Crippen LogP contribution in [0.5, 0.6) is 0 Å². The molecule has 23 nitrogen and oxygen atoms in total. The molecule has 0 bridgehead atoms. The van der Waals surface area contributed by atoms with Gasteiger partial charge in [-0.15, -0.1) is 0 Å². The topological polar surface area (TPSA) is 370 Å². The molecule has 3 aromatic carbocycles. The number of halogens is 1. The van der Waals surface area contributed by atoms with E-state index in [9.17, 15) is 43.2 Å². The molecule has 0 unspecified atom stereocenters. The van der Waals surface area contributed by atoms with Crippen LogP contribution in [-0.4, -0.2) is 131 Å². The zero-order valence-corrected chi connectivity index (χ0v) is 43.1. The molecule has 1 fully saturated rings. The average molecular weight is 1070 g/mol. The first kappa shape index (κ1) is 58.7. The van der Waals surface area contributed by atoms with Gasteiger partial charge in [-0.05, 0) is 91.6 Å². The smallest absolute Gasteiger partial charge is 0.321 e. The van der Waals surface area contributed by atoms with Crippen molar-refractivity contribution in [2.75, 3.05) is 19.6 Å². The van der Waals surface area contributed by atoms with Crippen LogP contribution in [-0.2, 0) is 57.6 Å². The average Bonchev–Trinajstić information content (AvgIpc) is 3.89. The third kappa shape index (κ3) is 18.6. The van der Waals surface area contributed by atoms with E-state index in [2.05, 4.69) is 47.2 Å². The summed E-state index contributed by atoms with van der Waals surface area (Å²) in [6, 6.07) is 16.0. The Balaban J connectivity index is 1.28. The number of likely N-dealkylation sites (tertiary alicyclic amines) is 1. The van der Waals surface area contributed by atoms with Gasteiger partial charge in [-0.1, -0.05) is 72.3 Å². The Morgan fingerprint density at radius 3 is 1.97 bits per heavy atom. The number of rotatable bonds is 26. The summed E-state index contributed by atoms with van der Waals surface area (Å²) in [5.41, 5.74) is 24.2. The number of benzene rings is 3. The number of hydrogen-bond acceptors (Lipinski definition) is 12. The Labute approximate surface area is 444 Å². The zero-order valence-electron chi connectivity index (χ0n) is 42.4. The summed E-state index contributed by atoms with van der Waals surface area (Å²) in [5, 5.41) is 20.5. The first-order valence-corrected chi connectivity index (χ1v) is 25.3. The molecule has 15 N–H and O–H groups in total. The highest BCUT2D eigenvalue weighted by molar-refractivity contribution is 6.30. The summed E-state index contributed by atoms with van der Waals surface area (Å²) in [6.07, 6.45) is 2.65. The molecule has 406 valence electrons. The fourth-order valence-electron chi connectivity index (χ4n) is 8.44. The standard InChI is InChI=1S/C52H67ClN14O9/c1-30(44(55)69)61-49(74)43-15-9-25-67(43)50(75)38(54)13-7-24-60-52(76)66-45(70)39(14-8-23-59-51(56)57)63-48(73)42(29-37-12-5-6-22-58-37)65-47(72)41(27-32-17-20-36(53)21-18-32)64-46(71)40(62-31(2)68)28-33-16-19-34-10-3-4-11-35(34)26-33/h3-6,10-12,16-22,26,30,38-43H,7-9,13-15,23-25,27-29,54H2,1-2H3,(H2,55,69)(H,61,74)(H,62,68)(H,63,73)(H,64,71)(H,65,72)(H4,56,57,59)(H2,60,66,70,76)/t30-,38+,39-,40-,41-,42-,43+/m1/s1. The van der Waals surface area contributed by atoms with Crippen molar-refractivity contribution in [2.45, 2.75) is 114 Å². The number of amides is 10. The highest BCUT2D eigenvalue weighted by atomic mass is 35.5. The van der Waals surface area contributed by atoms with E-state index in [1.807, 2.05) is 42.5 Å². The molecule has 24 heteroatoms. The molecule has 7 atom stereocenters. The van der Waals surface area contributed by atoms with Gasteiger partial charge in [0, 0.05) is 62.7 Å². The number of imide groups is 1. The van der Waals surface area contributed by atoms with Gasteiger partial charge >= 0.3 is 6.03 Å². The lowest BCUT2D eigenvalue weighted by molar-refractivity contribution is -0.140. The third-order valence-electron chi connectivity index (χ3n) is 12.4. The van der Waals surface area contributed by atoms with E-state index in [1.165, 1.54) is 24.9 Å². The van der Waals surface area contributed by atoms with Crippen LogP contribution in [0.25, 0.3) is 10.8 Å². The molecular weight excluding hydrogens is 1000 g/mol. The monoisotopic (exact) mass is 1070 g/mol. The van der Waals surface area contributed by atoms with Crippen LogP contribution in [0.4, 0.5) is 4.79 Å². The number of aliphatic imine (C=N–C) groups is 1. The highest BCUT2D eigenvalue weighted by Gasteiger charge is 2.37. The van der Waals surface area contributed by atoms with E-state index in [0.29, 0.717) is 29.1 Å². The number of primary amides is 1. The second-order valence-corrected chi connectivity index (χ2v) is 18.9. The predicted molar refractivity (Wildman–Crippen MR) is 284 cm³/mol. The normalized spacial score (nSPS) is 15.3. The van der Waals surface area contributed by atoms with E-state index in [4.69, 9.17) is 34.5 Å². The minimum absolute atomic E-state index is 0.0252. The molecule has 1 aliphatic rings. The van der Waals surface area contributed by atoms with Crippen molar-refractivity contribution in [3.8, 4) is 0 Å². The van der Waals surface area contributed by atoms with E-state index >= 15 is 0 Å². The van der Waals surface area contributed by atoms with Crippen LogP contribution in [0.2, 0.25) is 5.02 Å². The minimum Gasteiger partial charge on any atom is -0.370 e. The molecule has 0 spiro atoms. The van der Waals surface area contributed by atoms with Gasteiger partial charge in [0.15, 0.2) is 5.96 Å². The number of pyridine rings is 1. The van der Waals surface area contributed by atoms with E-state index < -0.39 is 95.6 Å². The number of fused-ring (bicyclic) bond motifs is 1. The minimum atomic E-state index is -1.41. The summed E-state index contributed by atoms with van der Waals surface area (Å²) in [5.74, 6) is -5.64. The second kappa shape index (κ2) is 29.1. The van der Waals surface area contributed by atoms with Gasteiger partial charge in [0.2, 0.25) is 41.4 Å². The number of guanidine groups is 1. The van der Waals surface area contributed by atoms with Crippen molar-refractivity contribution in [3.05, 3.63) is 113 Å². The summed E-state index contributed by atoms with van der Waals surface area (Å²) in [7, 11) is 0. The summed E-state index contributed by atoms with van der Waals surface area (Å²) in [6.45, 7) is 3.03. The van der Waals surface area contributed by atoms with Gasteiger partial charge in [-0.25, -0.2) is 4.79 Å². The predicted octanol–water partition coefficient (Wildman–Crippen LogP) is -0.157. The molecule has 4 aromatic rings. The quantitative estimate of drug-likeness (QED) is 0.0222. The Morgan fingerprint density at radius 2 is 1.33 bits per heavy atom. The van der Waals surface area contributed by atoms with Crippen molar-refractivity contribution in [1.29, 1.82) is 0 Å². The maximum atomic E-state index is 14.5. The Kier molecular flexibility index (Phi) is 22.4. The summed E-state index contributed by atoms with van der Waals surface area (Å²) >= 11 is 6.18. The second-order valence-electron chi connectivity index (χ2n) is 18.4. The number of aromatic nitrogens is 1. The Morgan fingerprint density at radius 1 is 0.711 bits per heavy atom. The van der Waals surface area contributed by atoms with E-state index in [1.54, 1.807) is 42.5 Å². The van der Waals surface area contributed by atoms with Crippen LogP contribution in [0.15, 0.2) is 96.1 Å². The number of urea groups is 1. The van der Waals surface area contributed by atoms with E-state index in [0.717, 1.165) is 16.3 Å². The van der Waals surface area contributed by atoms with Gasteiger partial charge in [-0.3, -0.25) is 53.6 Å².